The quantitative estimate of drug-likeness (QED) is 0.431. The van der Waals surface area contributed by atoms with Gasteiger partial charge >= 0.3 is 0 Å². The highest BCUT2D eigenvalue weighted by molar-refractivity contribution is 6.44. The number of rotatable bonds is 7. The molecule has 1 fully saturated rings. The van der Waals surface area contributed by atoms with Crippen molar-refractivity contribution in [2.24, 2.45) is 0 Å². The minimum absolute atomic E-state index is 0.0508. The zero-order valence-electron chi connectivity index (χ0n) is 15.4. The van der Waals surface area contributed by atoms with Crippen molar-refractivity contribution in [1.29, 1.82) is 0 Å². The molecule has 1 saturated heterocycles. The van der Waals surface area contributed by atoms with Gasteiger partial charge in [0.25, 0.3) is 5.91 Å². The second-order valence-corrected chi connectivity index (χ2v) is 7.47. The van der Waals surface area contributed by atoms with Crippen molar-refractivity contribution in [3.05, 3.63) is 39.7 Å². The number of amides is 1. The molecule has 2 heterocycles. The predicted octanol–water partition coefficient (Wildman–Crippen LogP) is 2.96. The number of carbonyl (C=O) groups is 1. The first-order valence-electron chi connectivity index (χ1n) is 8.96. The van der Waals surface area contributed by atoms with Crippen molar-refractivity contribution in [2.45, 2.75) is 18.9 Å². The smallest absolute Gasteiger partial charge is 0.258 e. The molecule has 8 nitrogen and oxygen atoms in total. The molecule has 1 aromatic heterocycles. The van der Waals surface area contributed by atoms with E-state index in [1.54, 1.807) is 18.3 Å². The summed E-state index contributed by atoms with van der Waals surface area (Å²) in [7, 11) is 0. The van der Waals surface area contributed by atoms with E-state index in [9.17, 15) is 4.79 Å². The molecule has 1 aliphatic heterocycles. The number of hydrogen-bond donors (Lipinski definition) is 3. The Bertz CT molecular complexity index is 863. The number of aliphatic hydroxyl groups is 1. The Morgan fingerprint density at radius 3 is 2.66 bits per heavy atom. The summed E-state index contributed by atoms with van der Waals surface area (Å²) in [4.78, 5) is 22.4. The lowest BCUT2D eigenvalue weighted by atomic mass is 10.1. The number of halogens is 3. The fourth-order valence-corrected chi connectivity index (χ4v) is 3.62. The molecule has 29 heavy (non-hydrogen) atoms. The summed E-state index contributed by atoms with van der Waals surface area (Å²) in [6.45, 7) is 1.05. The van der Waals surface area contributed by atoms with Gasteiger partial charge in [-0.05, 0) is 42.6 Å². The Hall–Kier alpha value is -2.00. The molecular formula is C18H20Cl3N5O3. The summed E-state index contributed by atoms with van der Waals surface area (Å²) in [5, 5.41) is 15.2. The second kappa shape index (κ2) is 10.2. The zero-order valence-corrected chi connectivity index (χ0v) is 17.6. The van der Waals surface area contributed by atoms with Crippen LogP contribution in [0.25, 0.3) is 0 Å². The fraction of sp³-hybridized carbons (Fsp3) is 0.389. The minimum atomic E-state index is -0.276. The van der Waals surface area contributed by atoms with Crippen molar-refractivity contribution in [3.63, 3.8) is 0 Å². The van der Waals surface area contributed by atoms with Crippen LogP contribution in [0.5, 0.6) is 5.75 Å². The first-order valence-corrected chi connectivity index (χ1v) is 10.1. The third-order valence-corrected chi connectivity index (χ3v) is 5.52. The van der Waals surface area contributed by atoms with Crippen molar-refractivity contribution in [1.82, 2.24) is 15.3 Å². The van der Waals surface area contributed by atoms with Gasteiger partial charge < -0.3 is 25.4 Å². The van der Waals surface area contributed by atoms with Gasteiger partial charge in [-0.3, -0.25) is 4.79 Å². The predicted molar refractivity (Wildman–Crippen MR) is 113 cm³/mol. The van der Waals surface area contributed by atoms with E-state index in [4.69, 9.17) is 44.6 Å². The number of aliphatic hydroxyl groups excluding tert-OH is 1. The highest BCUT2D eigenvalue weighted by Gasteiger charge is 2.22. The standard InChI is InChI=1S/C18H20Cl3N5O3/c19-16-12(23-10-27)1-2-13(17(16)20)29-9-15(28)24-11-4-7-26(8-5-11)14-3-6-22-18(21)25-14/h1-3,6,11,23,27H,4-5,7-10H2,(H,24,28). The number of ether oxygens (including phenoxy) is 1. The number of aromatic nitrogens is 2. The van der Waals surface area contributed by atoms with Crippen molar-refractivity contribution >= 4 is 52.2 Å². The number of benzene rings is 1. The fourth-order valence-electron chi connectivity index (χ4n) is 3.03. The SMILES string of the molecule is O=C(COc1ccc(NCO)c(Cl)c1Cl)NC1CCN(c2ccnc(Cl)n2)CC1. The minimum Gasteiger partial charge on any atom is -0.482 e. The molecule has 1 amide bonds. The van der Waals surface area contributed by atoms with Gasteiger partial charge in [-0.2, -0.15) is 0 Å². The van der Waals surface area contributed by atoms with Crippen LogP contribution in [-0.4, -0.2) is 53.5 Å². The van der Waals surface area contributed by atoms with Crippen LogP contribution in [0.15, 0.2) is 24.4 Å². The number of piperidine rings is 1. The highest BCUT2D eigenvalue weighted by Crippen LogP contribution is 2.37. The monoisotopic (exact) mass is 459 g/mol. The van der Waals surface area contributed by atoms with Crippen LogP contribution in [0.4, 0.5) is 11.5 Å². The molecular weight excluding hydrogens is 441 g/mol. The van der Waals surface area contributed by atoms with Gasteiger partial charge in [-0.25, -0.2) is 9.97 Å². The Balaban J connectivity index is 1.47. The molecule has 0 radical (unpaired) electrons. The molecule has 0 spiro atoms. The molecule has 0 aliphatic carbocycles. The van der Waals surface area contributed by atoms with Gasteiger partial charge in [0.05, 0.1) is 10.7 Å². The Morgan fingerprint density at radius 1 is 1.21 bits per heavy atom. The molecule has 156 valence electrons. The molecule has 3 N–H and O–H groups in total. The van der Waals surface area contributed by atoms with Crippen molar-refractivity contribution < 1.29 is 14.6 Å². The zero-order chi connectivity index (χ0) is 20.8. The van der Waals surface area contributed by atoms with Crippen LogP contribution in [-0.2, 0) is 4.79 Å². The molecule has 0 atom stereocenters. The molecule has 0 unspecified atom stereocenters. The van der Waals surface area contributed by atoms with Crippen LogP contribution in [0.3, 0.4) is 0 Å². The first-order chi connectivity index (χ1) is 14.0. The Kier molecular flexibility index (Phi) is 7.60. The molecule has 2 aromatic rings. The lowest BCUT2D eigenvalue weighted by Crippen LogP contribution is -2.46. The van der Waals surface area contributed by atoms with Crippen LogP contribution >= 0.6 is 34.8 Å². The Labute approximate surface area is 183 Å². The maximum atomic E-state index is 12.2. The number of anilines is 2. The lowest BCUT2D eigenvalue weighted by molar-refractivity contribution is -0.123. The van der Waals surface area contributed by atoms with E-state index < -0.39 is 0 Å². The van der Waals surface area contributed by atoms with E-state index in [0.717, 1.165) is 31.7 Å². The number of nitrogens with one attached hydrogen (secondary N) is 2. The van der Waals surface area contributed by atoms with Crippen LogP contribution < -0.4 is 20.3 Å². The largest absolute Gasteiger partial charge is 0.482 e. The molecule has 3 rings (SSSR count). The summed E-state index contributed by atoms with van der Waals surface area (Å²) in [5.41, 5.74) is 0.479. The number of carbonyl (C=O) groups excluding carboxylic acids is 1. The van der Waals surface area contributed by atoms with E-state index >= 15 is 0 Å². The van der Waals surface area contributed by atoms with Gasteiger partial charge in [0.15, 0.2) is 6.61 Å². The normalized spacial score (nSPS) is 14.6. The maximum absolute atomic E-state index is 12.2. The molecule has 11 heteroatoms. The van der Waals surface area contributed by atoms with E-state index in [-0.39, 0.29) is 40.6 Å². The number of nitrogens with zero attached hydrogens (tertiary/aromatic N) is 3. The lowest BCUT2D eigenvalue weighted by Gasteiger charge is -2.33. The maximum Gasteiger partial charge on any atom is 0.258 e. The second-order valence-electron chi connectivity index (χ2n) is 6.38. The third kappa shape index (κ3) is 5.76. The number of hydrogen-bond acceptors (Lipinski definition) is 7. The molecule has 1 aromatic carbocycles. The average Bonchev–Trinajstić information content (AvgIpc) is 2.71. The Morgan fingerprint density at radius 2 is 1.97 bits per heavy atom. The van der Waals surface area contributed by atoms with E-state index in [1.807, 2.05) is 6.07 Å². The van der Waals surface area contributed by atoms with Gasteiger partial charge in [0.1, 0.15) is 23.3 Å². The average molecular weight is 461 g/mol. The van der Waals surface area contributed by atoms with Gasteiger partial charge in [-0.15, -0.1) is 0 Å². The topological polar surface area (TPSA) is 99.6 Å². The summed E-state index contributed by atoms with van der Waals surface area (Å²) < 4.78 is 5.50. The third-order valence-electron chi connectivity index (χ3n) is 4.47. The summed E-state index contributed by atoms with van der Waals surface area (Å²) >= 11 is 18.1. The first kappa shape index (κ1) is 21.7. The molecule has 0 saturated carbocycles. The van der Waals surface area contributed by atoms with E-state index in [1.165, 1.54) is 0 Å². The van der Waals surface area contributed by atoms with Crippen molar-refractivity contribution in [2.75, 3.05) is 36.6 Å². The van der Waals surface area contributed by atoms with E-state index in [0.29, 0.717) is 11.4 Å². The molecule has 1 aliphatic rings. The van der Waals surface area contributed by atoms with Gasteiger partial charge in [0, 0.05) is 25.3 Å². The summed E-state index contributed by atoms with van der Waals surface area (Å²) in [5.74, 6) is 0.841. The van der Waals surface area contributed by atoms with Gasteiger partial charge in [0.2, 0.25) is 5.28 Å². The molecule has 0 bridgehead atoms. The van der Waals surface area contributed by atoms with Crippen LogP contribution in [0.2, 0.25) is 15.3 Å². The van der Waals surface area contributed by atoms with E-state index in [2.05, 4.69) is 25.5 Å². The van der Waals surface area contributed by atoms with Crippen molar-refractivity contribution in [3.8, 4) is 5.75 Å². The van der Waals surface area contributed by atoms with Gasteiger partial charge in [-0.1, -0.05) is 23.2 Å². The van der Waals surface area contributed by atoms with Crippen LogP contribution in [0, 0.1) is 0 Å². The van der Waals surface area contributed by atoms with Crippen LogP contribution in [0.1, 0.15) is 12.8 Å². The highest BCUT2D eigenvalue weighted by atomic mass is 35.5. The summed E-state index contributed by atoms with van der Waals surface area (Å²) in [6, 6.07) is 5.07. The summed E-state index contributed by atoms with van der Waals surface area (Å²) in [6.07, 6.45) is 3.18.